The fourth-order valence-electron chi connectivity index (χ4n) is 0.378. The monoisotopic (exact) mass is 178 g/mol. The predicted molar refractivity (Wildman–Crippen MR) is 39.9 cm³/mol. The molecule has 0 radical (unpaired) electrons. The lowest BCUT2D eigenvalue weighted by Crippen LogP contribution is -2.31. The topological polar surface area (TPSA) is 66.8 Å². The van der Waals surface area contributed by atoms with Gasteiger partial charge in [0, 0.05) is 13.1 Å². The van der Waals surface area contributed by atoms with E-state index in [1.807, 2.05) is 0 Å². The van der Waals surface area contributed by atoms with Crippen LogP contribution in [0.15, 0.2) is 4.40 Å². The maximum Gasteiger partial charge on any atom is 0.332 e. The normalized spacial score (nSPS) is 11.7. The van der Waals surface area contributed by atoms with Gasteiger partial charge in [0.1, 0.15) is 0 Å². The third kappa shape index (κ3) is 2.80. The van der Waals surface area contributed by atoms with Crippen LogP contribution in [0.2, 0.25) is 0 Å². The number of hydrogen-bond donors (Lipinski definition) is 0. The van der Waals surface area contributed by atoms with Crippen LogP contribution in [0.25, 0.3) is 0 Å². The quantitative estimate of drug-likeness (QED) is 0.448. The van der Waals surface area contributed by atoms with Gasteiger partial charge in [-0.1, -0.05) is 4.40 Å². The highest BCUT2D eigenvalue weighted by molar-refractivity contribution is 7.87. The molecule has 0 spiro atoms. The van der Waals surface area contributed by atoms with Crippen LogP contribution in [0.4, 0.5) is 0 Å². The Kier molecular flexibility index (Phi) is 3.38. The van der Waals surface area contributed by atoms with E-state index in [0.717, 1.165) is 10.4 Å². The van der Waals surface area contributed by atoms with E-state index >= 15 is 0 Å². The largest absolute Gasteiger partial charge is 0.332 e. The molecule has 0 saturated carbocycles. The summed E-state index contributed by atoms with van der Waals surface area (Å²) in [7, 11) is -2.43. The predicted octanol–water partition coefficient (Wildman–Crippen LogP) is -0.0928. The third-order valence-electron chi connectivity index (χ3n) is 1.24. The standard InChI is InChI=1S/C5H10N2O3S/c1-5(2)7(3)11(9,10)6-4-8/h5H,1-3H3. The first-order valence-electron chi connectivity index (χ1n) is 2.99. The van der Waals surface area contributed by atoms with Crippen molar-refractivity contribution in [3.8, 4) is 0 Å². The van der Waals surface area contributed by atoms with Gasteiger partial charge in [-0.25, -0.2) is 4.79 Å². The molecule has 0 aromatic heterocycles. The molecular weight excluding hydrogens is 168 g/mol. The van der Waals surface area contributed by atoms with E-state index < -0.39 is 10.2 Å². The molecule has 0 amide bonds. The van der Waals surface area contributed by atoms with Crippen molar-refractivity contribution in [2.45, 2.75) is 19.9 Å². The van der Waals surface area contributed by atoms with Crippen molar-refractivity contribution in [3.05, 3.63) is 0 Å². The van der Waals surface area contributed by atoms with Gasteiger partial charge in [-0.2, -0.15) is 12.7 Å². The van der Waals surface area contributed by atoms with Crippen LogP contribution < -0.4 is 0 Å². The molecule has 6 heteroatoms. The van der Waals surface area contributed by atoms with Gasteiger partial charge in [-0.3, -0.25) is 0 Å². The first-order valence-corrected chi connectivity index (χ1v) is 4.38. The van der Waals surface area contributed by atoms with E-state index in [4.69, 9.17) is 0 Å². The van der Waals surface area contributed by atoms with Crippen molar-refractivity contribution >= 4 is 16.3 Å². The maximum atomic E-state index is 10.9. The Labute approximate surface area is 65.9 Å². The molecule has 0 aliphatic rings. The van der Waals surface area contributed by atoms with Crippen LogP contribution in [0.5, 0.6) is 0 Å². The van der Waals surface area contributed by atoms with E-state index in [1.54, 1.807) is 13.8 Å². The van der Waals surface area contributed by atoms with Crippen LogP contribution in [-0.4, -0.2) is 31.9 Å². The summed E-state index contributed by atoms with van der Waals surface area (Å²) in [5, 5.41) is 0. The second kappa shape index (κ2) is 3.61. The Bertz CT molecular complexity index is 263. The minimum absolute atomic E-state index is 0.211. The molecule has 0 aliphatic heterocycles. The average molecular weight is 178 g/mol. The lowest BCUT2D eigenvalue weighted by atomic mass is 10.4. The first-order chi connectivity index (χ1) is 4.91. The zero-order chi connectivity index (χ0) is 9.07. The Morgan fingerprint density at radius 2 is 1.91 bits per heavy atom. The molecule has 0 atom stereocenters. The summed E-state index contributed by atoms with van der Waals surface area (Å²) < 4.78 is 25.4. The summed E-state index contributed by atoms with van der Waals surface area (Å²) in [6.07, 6.45) is 0.989. The number of nitrogens with zero attached hydrogens (tertiary/aromatic N) is 2. The second-order valence-electron chi connectivity index (χ2n) is 2.27. The Morgan fingerprint density at radius 1 is 1.45 bits per heavy atom. The van der Waals surface area contributed by atoms with Gasteiger partial charge in [0.2, 0.25) is 0 Å². The molecular formula is C5H10N2O3S. The van der Waals surface area contributed by atoms with Crippen molar-refractivity contribution in [3.63, 3.8) is 0 Å². The van der Waals surface area contributed by atoms with Gasteiger partial charge in [0.15, 0.2) is 0 Å². The number of carbonyl (C=O) groups excluding carboxylic acids is 1. The molecule has 0 rings (SSSR count). The van der Waals surface area contributed by atoms with E-state index in [9.17, 15) is 13.2 Å². The zero-order valence-electron chi connectivity index (χ0n) is 6.60. The van der Waals surface area contributed by atoms with Gasteiger partial charge in [-0.15, -0.1) is 0 Å². The van der Waals surface area contributed by atoms with Gasteiger partial charge in [0.05, 0.1) is 0 Å². The molecule has 0 bridgehead atoms. The molecule has 11 heavy (non-hydrogen) atoms. The van der Waals surface area contributed by atoms with E-state index in [2.05, 4.69) is 4.40 Å². The molecule has 0 unspecified atom stereocenters. The molecule has 5 nitrogen and oxygen atoms in total. The van der Waals surface area contributed by atoms with Crippen molar-refractivity contribution in [2.75, 3.05) is 7.05 Å². The molecule has 0 aromatic carbocycles. The minimum Gasteiger partial charge on any atom is -0.210 e. The summed E-state index contributed by atoms with van der Waals surface area (Å²) in [6, 6.07) is -0.211. The Morgan fingerprint density at radius 3 is 2.18 bits per heavy atom. The van der Waals surface area contributed by atoms with Crippen LogP contribution in [0.1, 0.15) is 13.8 Å². The molecule has 0 aromatic rings. The van der Waals surface area contributed by atoms with Gasteiger partial charge in [-0.05, 0) is 13.8 Å². The highest BCUT2D eigenvalue weighted by Gasteiger charge is 2.18. The van der Waals surface area contributed by atoms with Crippen molar-refractivity contribution in [2.24, 2.45) is 4.40 Å². The van der Waals surface area contributed by atoms with Crippen molar-refractivity contribution in [1.82, 2.24) is 4.31 Å². The highest BCUT2D eigenvalue weighted by Crippen LogP contribution is 2.03. The maximum absolute atomic E-state index is 10.9. The van der Waals surface area contributed by atoms with E-state index in [-0.39, 0.29) is 6.04 Å². The van der Waals surface area contributed by atoms with Gasteiger partial charge >= 0.3 is 10.2 Å². The zero-order valence-corrected chi connectivity index (χ0v) is 7.42. The molecule has 0 aliphatic carbocycles. The molecule has 0 N–H and O–H groups in total. The summed E-state index contributed by atoms with van der Waals surface area (Å²) in [6.45, 7) is 3.36. The fraction of sp³-hybridized carbons (Fsp3) is 0.800. The SMILES string of the molecule is CC(C)N(C)S(=O)(=O)N=C=O. The van der Waals surface area contributed by atoms with Crippen molar-refractivity contribution in [1.29, 1.82) is 0 Å². The lowest BCUT2D eigenvalue weighted by Gasteiger charge is -2.15. The number of rotatable bonds is 3. The van der Waals surface area contributed by atoms with Gasteiger partial charge in [0.25, 0.3) is 6.08 Å². The fourth-order valence-corrected chi connectivity index (χ4v) is 1.13. The van der Waals surface area contributed by atoms with Crippen LogP contribution in [-0.2, 0) is 15.0 Å². The molecule has 64 valence electrons. The Balaban J connectivity index is 4.71. The number of hydrogen-bond acceptors (Lipinski definition) is 3. The summed E-state index contributed by atoms with van der Waals surface area (Å²) in [5.41, 5.74) is 0. The highest BCUT2D eigenvalue weighted by atomic mass is 32.2. The first kappa shape index (κ1) is 10.3. The molecule has 0 heterocycles. The van der Waals surface area contributed by atoms with Crippen LogP contribution in [0, 0.1) is 0 Å². The Hall–Kier alpha value is -0.710. The summed E-state index contributed by atoms with van der Waals surface area (Å²) in [4.78, 5) is 9.65. The molecule has 0 saturated heterocycles. The smallest absolute Gasteiger partial charge is 0.210 e. The molecule has 0 fully saturated rings. The lowest BCUT2D eigenvalue weighted by molar-refractivity contribution is 0.411. The van der Waals surface area contributed by atoms with E-state index in [0.29, 0.717) is 0 Å². The van der Waals surface area contributed by atoms with Crippen LogP contribution in [0.3, 0.4) is 0 Å². The van der Waals surface area contributed by atoms with Crippen molar-refractivity contribution < 1.29 is 13.2 Å². The average Bonchev–Trinajstić information content (AvgIpc) is 1.86. The van der Waals surface area contributed by atoms with Crippen LogP contribution >= 0.6 is 0 Å². The summed E-state index contributed by atoms with van der Waals surface area (Å²) >= 11 is 0. The van der Waals surface area contributed by atoms with E-state index in [1.165, 1.54) is 7.05 Å². The van der Waals surface area contributed by atoms with Gasteiger partial charge < -0.3 is 0 Å². The number of isocyanates is 1. The second-order valence-corrected chi connectivity index (χ2v) is 3.92. The minimum atomic E-state index is -3.77. The third-order valence-corrected chi connectivity index (χ3v) is 2.70. The summed E-state index contributed by atoms with van der Waals surface area (Å²) in [5.74, 6) is 0.